The van der Waals surface area contributed by atoms with Crippen molar-refractivity contribution in [3.05, 3.63) is 34.9 Å². The summed E-state index contributed by atoms with van der Waals surface area (Å²) in [5.41, 5.74) is 1.33. The maximum atomic E-state index is 6.10. The molecule has 108 valence electrons. The Kier molecular flexibility index (Phi) is 8.11. The van der Waals surface area contributed by atoms with Crippen LogP contribution in [0.2, 0.25) is 5.02 Å². The molecule has 1 rings (SSSR count). The van der Waals surface area contributed by atoms with Crippen LogP contribution in [0.4, 0.5) is 0 Å². The van der Waals surface area contributed by atoms with Crippen LogP contribution in [0.5, 0.6) is 0 Å². The average Bonchev–Trinajstić information content (AvgIpc) is 2.42. The van der Waals surface area contributed by atoms with Crippen LogP contribution < -0.4 is 5.32 Å². The number of benzene rings is 1. The molecule has 19 heavy (non-hydrogen) atoms. The van der Waals surface area contributed by atoms with Gasteiger partial charge in [0.1, 0.15) is 0 Å². The highest BCUT2D eigenvalue weighted by atomic mass is 35.5. The third kappa shape index (κ3) is 6.42. The highest BCUT2D eigenvalue weighted by Gasteiger charge is 2.14. The molecule has 0 aliphatic carbocycles. The monoisotopic (exact) mass is 283 g/mol. The number of ether oxygens (including phenoxy) is 1. The van der Waals surface area contributed by atoms with E-state index in [1.807, 2.05) is 12.1 Å². The van der Waals surface area contributed by atoms with Gasteiger partial charge in [0.2, 0.25) is 0 Å². The zero-order valence-electron chi connectivity index (χ0n) is 12.3. The lowest BCUT2D eigenvalue weighted by molar-refractivity contribution is 0.198. The van der Waals surface area contributed by atoms with Crippen LogP contribution in [0.1, 0.15) is 38.2 Å². The van der Waals surface area contributed by atoms with Gasteiger partial charge in [0.05, 0.1) is 6.61 Å². The first-order valence-electron chi connectivity index (χ1n) is 7.12. The number of hydrogen-bond acceptors (Lipinski definition) is 2. The standard InChI is InChI=1S/C16H26ClNO/c1-4-13(2)10-15(12-18-8-9-19-3)14-6-5-7-16(17)11-14/h5-7,11,13,15,18H,4,8-10,12H2,1-3H3. The average molecular weight is 284 g/mol. The van der Waals surface area contributed by atoms with Crippen LogP contribution in [0.25, 0.3) is 0 Å². The summed E-state index contributed by atoms with van der Waals surface area (Å²) < 4.78 is 5.07. The van der Waals surface area contributed by atoms with Gasteiger partial charge < -0.3 is 10.1 Å². The van der Waals surface area contributed by atoms with Gasteiger partial charge in [-0.3, -0.25) is 0 Å². The zero-order valence-corrected chi connectivity index (χ0v) is 13.0. The van der Waals surface area contributed by atoms with Crippen molar-refractivity contribution in [2.24, 2.45) is 5.92 Å². The molecule has 0 spiro atoms. The summed E-state index contributed by atoms with van der Waals surface area (Å²) in [5.74, 6) is 1.25. The number of hydrogen-bond donors (Lipinski definition) is 1. The lowest BCUT2D eigenvalue weighted by Crippen LogP contribution is -2.26. The number of halogens is 1. The van der Waals surface area contributed by atoms with E-state index >= 15 is 0 Å². The van der Waals surface area contributed by atoms with E-state index in [-0.39, 0.29) is 0 Å². The van der Waals surface area contributed by atoms with Gasteiger partial charge >= 0.3 is 0 Å². The lowest BCUT2D eigenvalue weighted by atomic mass is 9.88. The minimum atomic E-state index is 0.519. The molecule has 0 radical (unpaired) electrons. The maximum Gasteiger partial charge on any atom is 0.0587 e. The van der Waals surface area contributed by atoms with Gasteiger partial charge in [-0.05, 0) is 36.0 Å². The van der Waals surface area contributed by atoms with E-state index in [4.69, 9.17) is 16.3 Å². The van der Waals surface area contributed by atoms with E-state index in [1.54, 1.807) is 7.11 Å². The second-order valence-electron chi connectivity index (χ2n) is 5.20. The summed E-state index contributed by atoms with van der Waals surface area (Å²) in [6, 6.07) is 8.24. The molecule has 0 saturated heterocycles. The lowest BCUT2D eigenvalue weighted by Gasteiger charge is -2.21. The molecule has 3 heteroatoms. The molecule has 0 aliphatic rings. The fourth-order valence-corrected chi connectivity index (χ4v) is 2.40. The van der Waals surface area contributed by atoms with E-state index in [9.17, 15) is 0 Å². The Labute approximate surface area is 122 Å². The van der Waals surface area contributed by atoms with Gasteiger partial charge in [-0.1, -0.05) is 44.0 Å². The molecular weight excluding hydrogens is 258 g/mol. The Bertz CT molecular complexity index is 356. The first kappa shape index (κ1) is 16.5. The molecule has 0 heterocycles. The summed E-state index contributed by atoms with van der Waals surface area (Å²) in [6.07, 6.45) is 2.41. The summed E-state index contributed by atoms with van der Waals surface area (Å²) in [5, 5.41) is 4.29. The molecular formula is C16H26ClNO. The molecule has 2 atom stereocenters. The Hall–Kier alpha value is -0.570. The molecule has 0 bridgehead atoms. The molecule has 2 nitrogen and oxygen atoms in total. The van der Waals surface area contributed by atoms with Crippen molar-refractivity contribution in [1.82, 2.24) is 5.32 Å². The molecule has 1 aromatic rings. The van der Waals surface area contributed by atoms with Crippen molar-refractivity contribution < 1.29 is 4.74 Å². The van der Waals surface area contributed by atoms with E-state index in [0.717, 1.165) is 30.6 Å². The van der Waals surface area contributed by atoms with Gasteiger partial charge in [-0.25, -0.2) is 0 Å². The largest absolute Gasteiger partial charge is 0.383 e. The maximum absolute atomic E-state index is 6.10. The first-order chi connectivity index (χ1) is 9.17. The second kappa shape index (κ2) is 9.35. The Morgan fingerprint density at radius 1 is 1.37 bits per heavy atom. The predicted octanol–water partition coefficient (Wildman–Crippen LogP) is 4.10. The Morgan fingerprint density at radius 2 is 2.16 bits per heavy atom. The van der Waals surface area contributed by atoms with Crippen molar-refractivity contribution in [1.29, 1.82) is 0 Å². The van der Waals surface area contributed by atoms with E-state index in [2.05, 4.69) is 31.3 Å². The quantitative estimate of drug-likeness (QED) is 0.689. The number of methoxy groups -OCH3 is 1. The van der Waals surface area contributed by atoms with Crippen molar-refractivity contribution >= 4 is 11.6 Å². The minimum Gasteiger partial charge on any atom is -0.383 e. The summed E-state index contributed by atoms with van der Waals surface area (Å²) >= 11 is 6.10. The van der Waals surface area contributed by atoms with E-state index in [0.29, 0.717) is 5.92 Å². The van der Waals surface area contributed by atoms with E-state index < -0.39 is 0 Å². The van der Waals surface area contributed by atoms with Crippen molar-refractivity contribution in [3.63, 3.8) is 0 Å². The van der Waals surface area contributed by atoms with Gasteiger partial charge in [-0.2, -0.15) is 0 Å². The zero-order chi connectivity index (χ0) is 14.1. The van der Waals surface area contributed by atoms with Crippen molar-refractivity contribution in [3.8, 4) is 0 Å². The summed E-state index contributed by atoms with van der Waals surface area (Å²) in [7, 11) is 1.73. The number of rotatable bonds is 9. The van der Waals surface area contributed by atoms with Crippen LogP contribution in [-0.2, 0) is 4.74 Å². The molecule has 1 N–H and O–H groups in total. The molecule has 1 aromatic carbocycles. The normalized spacial score (nSPS) is 14.3. The number of nitrogens with one attached hydrogen (secondary N) is 1. The van der Waals surface area contributed by atoms with Crippen LogP contribution in [0.3, 0.4) is 0 Å². The van der Waals surface area contributed by atoms with Gasteiger partial charge in [0.25, 0.3) is 0 Å². The molecule has 0 aromatic heterocycles. The van der Waals surface area contributed by atoms with E-state index in [1.165, 1.54) is 18.4 Å². The smallest absolute Gasteiger partial charge is 0.0587 e. The van der Waals surface area contributed by atoms with Crippen LogP contribution >= 0.6 is 11.6 Å². The summed E-state index contributed by atoms with van der Waals surface area (Å²) in [4.78, 5) is 0. The van der Waals surface area contributed by atoms with Crippen LogP contribution in [0, 0.1) is 5.92 Å². The highest BCUT2D eigenvalue weighted by molar-refractivity contribution is 6.30. The molecule has 0 aliphatic heterocycles. The predicted molar refractivity (Wildman–Crippen MR) is 83.0 cm³/mol. The first-order valence-corrected chi connectivity index (χ1v) is 7.50. The second-order valence-corrected chi connectivity index (χ2v) is 5.63. The minimum absolute atomic E-state index is 0.519. The summed E-state index contributed by atoms with van der Waals surface area (Å²) in [6.45, 7) is 7.19. The Morgan fingerprint density at radius 3 is 2.79 bits per heavy atom. The van der Waals surface area contributed by atoms with Crippen LogP contribution in [-0.4, -0.2) is 26.8 Å². The fourth-order valence-electron chi connectivity index (χ4n) is 2.20. The van der Waals surface area contributed by atoms with Crippen molar-refractivity contribution in [2.75, 3.05) is 26.8 Å². The molecule has 0 amide bonds. The van der Waals surface area contributed by atoms with Gasteiger partial charge in [-0.15, -0.1) is 0 Å². The van der Waals surface area contributed by atoms with Crippen LogP contribution in [0.15, 0.2) is 24.3 Å². The molecule has 2 unspecified atom stereocenters. The SMILES string of the molecule is CCC(C)CC(CNCCOC)c1cccc(Cl)c1. The topological polar surface area (TPSA) is 21.3 Å². The Balaban J connectivity index is 2.63. The van der Waals surface area contributed by atoms with Gasteiger partial charge in [0.15, 0.2) is 0 Å². The highest BCUT2D eigenvalue weighted by Crippen LogP contribution is 2.26. The fraction of sp³-hybridized carbons (Fsp3) is 0.625. The van der Waals surface area contributed by atoms with Crippen molar-refractivity contribution in [2.45, 2.75) is 32.6 Å². The molecule has 0 saturated carbocycles. The molecule has 0 fully saturated rings. The third-order valence-electron chi connectivity index (χ3n) is 3.58. The third-order valence-corrected chi connectivity index (χ3v) is 3.81. The van der Waals surface area contributed by atoms with Gasteiger partial charge in [0, 0.05) is 25.2 Å².